The van der Waals surface area contributed by atoms with Gasteiger partial charge in [0, 0.05) is 26.2 Å². The van der Waals surface area contributed by atoms with Crippen molar-refractivity contribution in [2.75, 3.05) is 46.5 Å². The van der Waals surface area contributed by atoms with Gasteiger partial charge in [-0.2, -0.15) is 0 Å². The van der Waals surface area contributed by atoms with Crippen LogP contribution in [0.25, 0.3) is 0 Å². The lowest BCUT2D eigenvalue weighted by Gasteiger charge is -2.26. The molecule has 6 nitrogen and oxygen atoms in total. The molecule has 0 spiro atoms. The summed E-state index contributed by atoms with van der Waals surface area (Å²) in [6.07, 6.45) is 0. The van der Waals surface area contributed by atoms with Crippen LogP contribution in [0, 0.1) is 13.8 Å². The summed E-state index contributed by atoms with van der Waals surface area (Å²) in [5, 5.41) is 0. The number of ether oxygens (including phenoxy) is 2. The van der Waals surface area contributed by atoms with Crippen molar-refractivity contribution in [1.29, 1.82) is 0 Å². The fourth-order valence-corrected chi connectivity index (χ4v) is 3.84. The van der Waals surface area contributed by atoms with E-state index >= 15 is 0 Å². The molecule has 0 amide bonds. The molecule has 0 radical (unpaired) electrons. The number of aryl methyl sites for hydroxylation is 2. The number of sulfonamides is 1. The monoisotopic (exact) mass is 328 g/mol. The second-order valence-electron chi connectivity index (χ2n) is 5.44. The van der Waals surface area contributed by atoms with Gasteiger partial charge in [0.1, 0.15) is 5.75 Å². The van der Waals surface area contributed by atoms with E-state index in [-0.39, 0.29) is 0 Å². The molecule has 1 aromatic carbocycles. The Morgan fingerprint density at radius 1 is 1.23 bits per heavy atom. The highest BCUT2D eigenvalue weighted by atomic mass is 32.2. The lowest BCUT2D eigenvalue weighted by Crippen LogP contribution is -2.41. The van der Waals surface area contributed by atoms with E-state index < -0.39 is 10.0 Å². The number of benzene rings is 1. The number of rotatable bonds is 6. The fraction of sp³-hybridized carbons (Fsp3) is 0.600. The zero-order valence-electron chi connectivity index (χ0n) is 13.4. The molecule has 124 valence electrons. The van der Waals surface area contributed by atoms with Crippen LogP contribution in [0.1, 0.15) is 11.1 Å². The van der Waals surface area contributed by atoms with E-state index in [9.17, 15) is 8.42 Å². The molecule has 1 aliphatic rings. The highest BCUT2D eigenvalue weighted by molar-refractivity contribution is 7.89. The Labute approximate surface area is 132 Å². The Bertz CT molecular complexity index is 610. The van der Waals surface area contributed by atoms with Crippen LogP contribution in [-0.4, -0.2) is 59.8 Å². The summed E-state index contributed by atoms with van der Waals surface area (Å²) in [7, 11) is -1.92. The summed E-state index contributed by atoms with van der Waals surface area (Å²) in [4.78, 5) is 2.51. The van der Waals surface area contributed by atoms with Crippen LogP contribution < -0.4 is 9.46 Å². The second kappa shape index (κ2) is 7.41. The number of morpholine rings is 1. The maximum atomic E-state index is 12.5. The van der Waals surface area contributed by atoms with Crippen LogP contribution in [0.2, 0.25) is 0 Å². The van der Waals surface area contributed by atoms with Crippen LogP contribution in [0.15, 0.2) is 17.0 Å². The lowest BCUT2D eigenvalue weighted by atomic mass is 10.1. The van der Waals surface area contributed by atoms with Gasteiger partial charge < -0.3 is 9.47 Å². The van der Waals surface area contributed by atoms with Gasteiger partial charge in [0.05, 0.1) is 25.2 Å². The highest BCUT2D eigenvalue weighted by Crippen LogP contribution is 2.25. The Hall–Kier alpha value is -1.15. The van der Waals surface area contributed by atoms with Gasteiger partial charge in [-0.05, 0) is 37.1 Å². The van der Waals surface area contributed by atoms with Crippen molar-refractivity contribution in [2.24, 2.45) is 0 Å². The first-order valence-electron chi connectivity index (χ1n) is 7.39. The van der Waals surface area contributed by atoms with E-state index in [2.05, 4.69) is 9.62 Å². The van der Waals surface area contributed by atoms with Gasteiger partial charge in [-0.3, -0.25) is 4.90 Å². The zero-order valence-corrected chi connectivity index (χ0v) is 14.2. The van der Waals surface area contributed by atoms with Crippen LogP contribution in [0.5, 0.6) is 5.75 Å². The van der Waals surface area contributed by atoms with Gasteiger partial charge in [0.25, 0.3) is 0 Å². The molecule has 1 fully saturated rings. The third-order valence-corrected chi connectivity index (χ3v) is 5.41. The van der Waals surface area contributed by atoms with Crippen LogP contribution in [0.4, 0.5) is 0 Å². The Balaban J connectivity index is 2.02. The molecule has 1 saturated heterocycles. The van der Waals surface area contributed by atoms with Crippen molar-refractivity contribution in [2.45, 2.75) is 18.7 Å². The maximum Gasteiger partial charge on any atom is 0.240 e. The van der Waals surface area contributed by atoms with E-state index in [0.29, 0.717) is 42.5 Å². The molecule has 7 heteroatoms. The summed E-state index contributed by atoms with van der Waals surface area (Å²) < 4.78 is 38.1. The number of nitrogens with one attached hydrogen (secondary N) is 1. The van der Waals surface area contributed by atoms with Crippen molar-refractivity contribution in [3.8, 4) is 5.75 Å². The van der Waals surface area contributed by atoms with Crippen LogP contribution in [-0.2, 0) is 14.8 Å². The van der Waals surface area contributed by atoms with Crippen molar-refractivity contribution in [1.82, 2.24) is 9.62 Å². The van der Waals surface area contributed by atoms with Gasteiger partial charge in [0.15, 0.2) is 0 Å². The molecular formula is C15H24N2O4S. The Morgan fingerprint density at radius 2 is 1.91 bits per heavy atom. The molecule has 1 N–H and O–H groups in total. The number of methoxy groups -OCH3 is 1. The third-order valence-electron chi connectivity index (χ3n) is 3.81. The molecule has 0 saturated carbocycles. The largest absolute Gasteiger partial charge is 0.496 e. The summed E-state index contributed by atoms with van der Waals surface area (Å²) in [5.41, 5.74) is 1.49. The summed E-state index contributed by atoms with van der Waals surface area (Å²) in [6.45, 7) is 7.82. The SMILES string of the molecule is COc1cc(C)c(S(=O)(=O)NCCN2CCOCC2)cc1C. The lowest BCUT2D eigenvalue weighted by molar-refractivity contribution is 0.0390. The summed E-state index contributed by atoms with van der Waals surface area (Å²) in [5.74, 6) is 0.699. The van der Waals surface area contributed by atoms with Gasteiger partial charge in [-0.1, -0.05) is 0 Å². The van der Waals surface area contributed by atoms with E-state index in [1.165, 1.54) is 0 Å². The van der Waals surface area contributed by atoms with Gasteiger partial charge >= 0.3 is 0 Å². The highest BCUT2D eigenvalue weighted by Gasteiger charge is 2.19. The standard InChI is InChI=1S/C15H24N2O4S/c1-12-11-15(13(2)10-14(12)20-3)22(18,19)16-4-5-17-6-8-21-9-7-17/h10-11,16H,4-9H2,1-3H3. The number of nitrogens with zero attached hydrogens (tertiary/aromatic N) is 1. The van der Waals surface area contributed by atoms with E-state index in [4.69, 9.17) is 9.47 Å². The Kier molecular flexibility index (Phi) is 5.80. The molecule has 2 rings (SSSR count). The first kappa shape index (κ1) is 17.2. The quantitative estimate of drug-likeness (QED) is 0.841. The van der Waals surface area contributed by atoms with Crippen molar-refractivity contribution in [3.63, 3.8) is 0 Å². The topological polar surface area (TPSA) is 67.9 Å². The van der Waals surface area contributed by atoms with Crippen molar-refractivity contribution < 1.29 is 17.9 Å². The molecular weight excluding hydrogens is 304 g/mol. The minimum Gasteiger partial charge on any atom is -0.496 e. The zero-order chi connectivity index (χ0) is 16.2. The predicted octanol–water partition coefficient (Wildman–Crippen LogP) is 0.923. The molecule has 0 atom stereocenters. The van der Waals surface area contributed by atoms with Crippen molar-refractivity contribution >= 4 is 10.0 Å². The fourth-order valence-electron chi connectivity index (χ4n) is 2.51. The number of hydrogen-bond donors (Lipinski definition) is 1. The molecule has 0 aliphatic carbocycles. The first-order chi connectivity index (χ1) is 10.4. The van der Waals surface area contributed by atoms with Gasteiger partial charge in [-0.15, -0.1) is 0 Å². The van der Waals surface area contributed by atoms with E-state index in [1.54, 1.807) is 26.2 Å². The molecule has 0 aromatic heterocycles. The second-order valence-corrected chi connectivity index (χ2v) is 7.17. The van der Waals surface area contributed by atoms with Gasteiger partial charge in [0.2, 0.25) is 10.0 Å². The molecule has 1 aromatic rings. The van der Waals surface area contributed by atoms with E-state index in [1.807, 2.05) is 6.92 Å². The van der Waals surface area contributed by atoms with E-state index in [0.717, 1.165) is 18.7 Å². The minimum atomic E-state index is -3.50. The Morgan fingerprint density at radius 3 is 2.55 bits per heavy atom. The summed E-state index contributed by atoms with van der Waals surface area (Å²) >= 11 is 0. The predicted molar refractivity (Wildman–Crippen MR) is 84.9 cm³/mol. The third kappa shape index (κ3) is 4.19. The smallest absolute Gasteiger partial charge is 0.240 e. The molecule has 0 unspecified atom stereocenters. The number of hydrogen-bond acceptors (Lipinski definition) is 5. The van der Waals surface area contributed by atoms with Crippen molar-refractivity contribution in [3.05, 3.63) is 23.3 Å². The van der Waals surface area contributed by atoms with Crippen LogP contribution >= 0.6 is 0 Å². The average molecular weight is 328 g/mol. The maximum absolute atomic E-state index is 12.5. The normalized spacial score (nSPS) is 16.7. The average Bonchev–Trinajstić information content (AvgIpc) is 2.50. The molecule has 1 aliphatic heterocycles. The first-order valence-corrected chi connectivity index (χ1v) is 8.87. The molecule has 1 heterocycles. The molecule has 0 bridgehead atoms. The molecule has 22 heavy (non-hydrogen) atoms. The van der Waals surface area contributed by atoms with Gasteiger partial charge in [-0.25, -0.2) is 13.1 Å². The minimum absolute atomic E-state index is 0.313. The summed E-state index contributed by atoms with van der Waals surface area (Å²) in [6, 6.07) is 3.41. The van der Waals surface area contributed by atoms with Crippen LogP contribution in [0.3, 0.4) is 0 Å².